The molecule has 0 bridgehead atoms. The van der Waals surface area contributed by atoms with Crippen molar-refractivity contribution in [1.29, 1.82) is 0 Å². The van der Waals surface area contributed by atoms with Crippen molar-refractivity contribution in [3.8, 4) is 0 Å². The van der Waals surface area contributed by atoms with Gasteiger partial charge >= 0.3 is 167 Å². The average molecular weight is 446 g/mol. The molecule has 27 heavy (non-hydrogen) atoms. The molecule has 2 aliphatic rings. The number of halogens is 2. The SMILES string of the molecule is CC1=CCC(OC(C)(C)C)(C(C)(C)C2=[C]([Ti+2])CC=C2)C(C(C)(C)C)=C1.[Cl-].[Cl-]. The molecule has 0 aromatic carbocycles. The minimum atomic E-state index is -0.339. The fourth-order valence-electron chi connectivity index (χ4n) is 4.29. The Labute approximate surface area is 191 Å². The van der Waals surface area contributed by atoms with Crippen LogP contribution in [0.4, 0.5) is 0 Å². The zero-order chi connectivity index (χ0) is 19.3. The van der Waals surface area contributed by atoms with Gasteiger partial charge in [-0.3, -0.25) is 0 Å². The van der Waals surface area contributed by atoms with Crippen LogP contribution in [-0.4, -0.2) is 11.2 Å². The summed E-state index contributed by atoms with van der Waals surface area (Å²) < 4.78 is 8.47. The number of allylic oxidation sites excluding steroid dienone is 5. The largest absolute Gasteiger partial charge is 1.00 e. The van der Waals surface area contributed by atoms with E-state index in [9.17, 15) is 0 Å². The van der Waals surface area contributed by atoms with Crippen LogP contribution in [0.3, 0.4) is 0 Å². The van der Waals surface area contributed by atoms with E-state index >= 15 is 0 Å². The van der Waals surface area contributed by atoms with E-state index in [2.05, 4.69) is 107 Å². The smallest absolute Gasteiger partial charge is 1.00 e. The second-order valence-electron chi connectivity index (χ2n) is 10.1. The molecule has 2 aliphatic carbocycles. The molecule has 0 fully saturated rings. The predicted octanol–water partition coefficient (Wildman–Crippen LogP) is 0.658. The molecule has 0 spiro atoms. The average Bonchev–Trinajstić information content (AvgIpc) is 2.85. The molecular weight excluding hydrogens is 411 g/mol. The van der Waals surface area contributed by atoms with Crippen LogP contribution in [0.15, 0.2) is 44.9 Å². The number of hydrogen-bond donors (Lipinski definition) is 0. The maximum Gasteiger partial charge on any atom is -1.00 e. The van der Waals surface area contributed by atoms with E-state index in [1.807, 2.05) is 0 Å². The minimum absolute atomic E-state index is 0. The first-order chi connectivity index (χ1) is 11.2. The van der Waals surface area contributed by atoms with Gasteiger partial charge in [0.15, 0.2) is 0 Å². The van der Waals surface area contributed by atoms with Gasteiger partial charge in [0, 0.05) is 0 Å². The van der Waals surface area contributed by atoms with Gasteiger partial charge in [0.05, 0.1) is 0 Å². The molecule has 0 aromatic heterocycles. The molecular formula is C23H35Cl2OTi. The third-order valence-electron chi connectivity index (χ3n) is 5.42. The van der Waals surface area contributed by atoms with E-state index in [0.29, 0.717) is 0 Å². The number of rotatable bonds is 3. The van der Waals surface area contributed by atoms with Crippen LogP contribution in [-0.2, 0) is 25.2 Å². The van der Waals surface area contributed by atoms with Gasteiger partial charge in [-0.2, -0.15) is 0 Å². The normalized spacial score (nSPS) is 23.5. The standard InChI is InChI=1S/C23H35O.2ClH.Ti/c1-17-14-15-23(24-21(5,6)7,19(16-17)20(2,3)4)22(8,9)18-12-10-11-13-18;;;/h10,12,14,16H,11,15H2,1-9H3;2*1H;/q;;;+2/p-2. The molecule has 1 unspecified atom stereocenters. The van der Waals surface area contributed by atoms with Gasteiger partial charge in [0.25, 0.3) is 0 Å². The monoisotopic (exact) mass is 445 g/mol. The Hall–Kier alpha value is 0.214. The molecule has 1 atom stereocenters. The minimum Gasteiger partial charge on any atom is -1.00 e. The van der Waals surface area contributed by atoms with Gasteiger partial charge in [-0.25, -0.2) is 0 Å². The Morgan fingerprint density at radius 1 is 1.00 bits per heavy atom. The van der Waals surface area contributed by atoms with Gasteiger partial charge in [0.2, 0.25) is 0 Å². The summed E-state index contributed by atoms with van der Waals surface area (Å²) in [5, 5.41) is 0. The zero-order valence-corrected chi connectivity index (χ0v) is 21.5. The first kappa shape index (κ1) is 27.2. The van der Waals surface area contributed by atoms with Crippen molar-refractivity contribution >= 4 is 0 Å². The molecule has 0 saturated carbocycles. The second kappa shape index (κ2) is 8.92. The topological polar surface area (TPSA) is 9.23 Å². The first-order valence-electron chi connectivity index (χ1n) is 9.42. The summed E-state index contributed by atoms with van der Waals surface area (Å²) in [6.07, 6.45) is 11.4. The van der Waals surface area contributed by atoms with E-state index in [-0.39, 0.29) is 46.8 Å². The van der Waals surface area contributed by atoms with Crippen LogP contribution in [0.5, 0.6) is 0 Å². The molecule has 0 heterocycles. The van der Waals surface area contributed by atoms with Crippen LogP contribution in [0.2, 0.25) is 0 Å². The van der Waals surface area contributed by atoms with Crippen molar-refractivity contribution in [2.75, 3.05) is 0 Å². The van der Waals surface area contributed by atoms with Gasteiger partial charge in [-0.15, -0.1) is 0 Å². The molecule has 0 amide bonds. The fraction of sp³-hybridized carbons (Fsp3) is 0.652. The van der Waals surface area contributed by atoms with Crippen molar-refractivity contribution < 1.29 is 50.0 Å². The van der Waals surface area contributed by atoms with E-state index in [4.69, 9.17) is 4.74 Å². The van der Waals surface area contributed by atoms with Gasteiger partial charge in [-0.05, 0) is 0 Å². The van der Waals surface area contributed by atoms with Crippen molar-refractivity contribution in [3.05, 3.63) is 44.9 Å². The molecule has 151 valence electrons. The predicted molar refractivity (Wildman–Crippen MR) is 104 cm³/mol. The van der Waals surface area contributed by atoms with Crippen molar-refractivity contribution in [2.24, 2.45) is 10.8 Å². The van der Waals surface area contributed by atoms with E-state index < -0.39 is 0 Å². The molecule has 0 saturated heterocycles. The van der Waals surface area contributed by atoms with Crippen LogP contribution >= 0.6 is 0 Å². The Balaban J connectivity index is 0.00000338. The Bertz CT molecular complexity index is 669. The Morgan fingerprint density at radius 2 is 1.56 bits per heavy atom. The van der Waals surface area contributed by atoms with Gasteiger partial charge in [0.1, 0.15) is 0 Å². The molecule has 4 heteroatoms. The van der Waals surface area contributed by atoms with E-state index in [1.165, 1.54) is 20.6 Å². The zero-order valence-electron chi connectivity index (χ0n) is 18.4. The summed E-state index contributed by atoms with van der Waals surface area (Å²) in [4.78, 5) is 0. The van der Waals surface area contributed by atoms with Gasteiger partial charge in [-0.1, -0.05) is 0 Å². The van der Waals surface area contributed by atoms with Crippen molar-refractivity contribution in [1.82, 2.24) is 0 Å². The third kappa shape index (κ3) is 5.43. The number of ether oxygens (including phenoxy) is 1. The maximum atomic E-state index is 7.00. The van der Waals surface area contributed by atoms with Crippen LogP contribution in [0.25, 0.3) is 0 Å². The summed E-state index contributed by atoms with van der Waals surface area (Å²) in [5.41, 5.74) is 3.61. The fourth-order valence-corrected chi connectivity index (χ4v) is 5.09. The van der Waals surface area contributed by atoms with Crippen molar-refractivity contribution in [3.63, 3.8) is 0 Å². The van der Waals surface area contributed by atoms with E-state index in [0.717, 1.165) is 12.8 Å². The molecule has 0 aliphatic heterocycles. The summed E-state index contributed by atoms with van der Waals surface area (Å²) in [6.45, 7) is 20.5. The molecule has 0 radical (unpaired) electrons. The molecule has 0 N–H and O–H groups in total. The van der Waals surface area contributed by atoms with Gasteiger partial charge < -0.3 is 24.8 Å². The van der Waals surface area contributed by atoms with Crippen LogP contribution < -0.4 is 24.8 Å². The summed E-state index contributed by atoms with van der Waals surface area (Å²) in [7, 11) is 0. The quantitative estimate of drug-likeness (QED) is 0.579. The van der Waals surface area contributed by atoms with Crippen LogP contribution in [0.1, 0.15) is 75.2 Å². The summed E-state index contributed by atoms with van der Waals surface area (Å²) in [5.74, 6) is 0. The Morgan fingerprint density at radius 3 is 1.96 bits per heavy atom. The third-order valence-corrected chi connectivity index (χ3v) is 6.16. The Kier molecular flexibility index (Phi) is 9.00. The molecule has 1 nitrogen and oxygen atoms in total. The maximum absolute atomic E-state index is 7.00. The van der Waals surface area contributed by atoms with Crippen molar-refractivity contribution in [2.45, 2.75) is 86.4 Å². The van der Waals surface area contributed by atoms with Crippen LogP contribution in [0, 0.1) is 10.8 Å². The molecule has 0 aromatic rings. The summed E-state index contributed by atoms with van der Waals surface area (Å²) in [6, 6.07) is 0. The first-order valence-corrected chi connectivity index (χ1v) is 10.2. The van der Waals surface area contributed by atoms with E-state index in [1.54, 1.807) is 0 Å². The second-order valence-corrected chi connectivity index (χ2v) is 11.1. The number of hydrogen-bond acceptors (Lipinski definition) is 1. The summed E-state index contributed by atoms with van der Waals surface area (Å²) >= 11 is 2.27. The molecule has 2 rings (SSSR count).